The highest BCUT2D eigenvalue weighted by Crippen LogP contribution is 2.45. The molecule has 5 fully saturated rings. The minimum absolute atomic E-state index is 0.0778. The van der Waals surface area contributed by atoms with Crippen molar-refractivity contribution >= 4 is 0 Å². The van der Waals surface area contributed by atoms with Crippen LogP contribution in [0, 0.1) is 17.8 Å². The molecule has 0 aromatic rings. The first-order chi connectivity index (χ1) is 14.0. The zero-order chi connectivity index (χ0) is 20.3. The van der Waals surface area contributed by atoms with Gasteiger partial charge in [0.05, 0.1) is 12.3 Å². The fraction of sp³-hybridized carbons (Fsp3) is 1.00. The van der Waals surface area contributed by atoms with E-state index in [9.17, 15) is 19.0 Å². The number of likely N-dealkylation sites (tertiary alicyclic amines) is 1. The Kier molecular flexibility index (Phi) is 5.60. The molecule has 12 atom stereocenters. The first-order valence-corrected chi connectivity index (χ1v) is 11.1. The van der Waals surface area contributed by atoms with Crippen LogP contribution < -0.4 is 10.6 Å². The van der Waals surface area contributed by atoms with Gasteiger partial charge in [-0.25, -0.2) is 8.78 Å². The van der Waals surface area contributed by atoms with E-state index in [4.69, 9.17) is 9.47 Å². The molecule has 1 aliphatic carbocycles. The second kappa shape index (κ2) is 7.93. The molecule has 5 aliphatic rings. The Morgan fingerprint density at radius 2 is 1.76 bits per heavy atom. The van der Waals surface area contributed by atoms with Gasteiger partial charge in [0.25, 0.3) is 0 Å². The Labute approximate surface area is 170 Å². The highest BCUT2D eigenvalue weighted by molar-refractivity contribution is 5.04. The van der Waals surface area contributed by atoms with Crippen LogP contribution in [-0.4, -0.2) is 90.1 Å². The van der Waals surface area contributed by atoms with E-state index >= 15 is 0 Å². The van der Waals surface area contributed by atoms with Gasteiger partial charge >= 0.3 is 0 Å². The summed E-state index contributed by atoms with van der Waals surface area (Å²) in [5.41, 5.74) is 0. The third-order valence-electron chi connectivity index (χ3n) is 8.05. The van der Waals surface area contributed by atoms with Gasteiger partial charge < -0.3 is 25.0 Å². The lowest BCUT2D eigenvalue weighted by molar-refractivity contribution is -0.186. The normalized spacial score (nSPS) is 56.2. The molecule has 4 heterocycles. The van der Waals surface area contributed by atoms with Crippen molar-refractivity contribution in [2.24, 2.45) is 17.8 Å². The van der Waals surface area contributed by atoms with Crippen molar-refractivity contribution in [2.45, 2.75) is 87.8 Å². The van der Waals surface area contributed by atoms with E-state index < -0.39 is 48.9 Å². The maximum absolute atomic E-state index is 14.5. The molecule has 4 N–H and O–H groups in total. The summed E-state index contributed by atoms with van der Waals surface area (Å²) in [4.78, 5) is 2.10. The lowest BCUT2D eigenvalue weighted by atomic mass is 9.70. The molecule has 4 saturated heterocycles. The lowest BCUT2D eigenvalue weighted by Crippen LogP contribution is -2.61. The van der Waals surface area contributed by atoms with Gasteiger partial charge in [-0.05, 0) is 38.5 Å². The zero-order valence-corrected chi connectivity index (χ0v) is 16.8. The van der Waals surface area contributed by atoms with Crippen molar-refractivity contribution in [3.63, 3.8) is 0 Å². The van der Waals surface area contributed by atoms with Gasteiger partial charge in [-0.1, -0.05) is 0 Å². The number of hydrogen-bond donors (Lipinski definition) is 4. The molecule has 0 amide bonds. The molecule has 5 rings (SSSR count). The lowest BCUT2D eigenvalue weighted by Gasteiger charge is -2.46. The maximum Gasteiger partial charge on any atom is 0.141 e. The fourth-order valence-electron chi connectivity index (χ4n) is 6.44. The fourth-order valence-corrected chi connectivity index (χ4v) is 6.44. The number of rotatable bonds is 2. The molecule has 7 nitrogen and oxygen atoms in total. The first kappa shape index (κ1) is 20.5. The maximum atomic E-state index is 14.5. The van der Waals surface area contributed by atoms with Crippen LogP contribution in [0.5, 0.6) is 0 Å². The molecule has 9 heteroatoms. The third kappa shape index (κ3) is 3.33. The molecule has 29 heavy (non-hydrogen) atoms. The van der Waals surface area contributed by atoms with Gasteiger partial charge in [-0.15, -0.1) is 0 Å². The zero-order valence-electron chi connectivity index (χ0n) is 16.8. The highest BCUT2D eigenvalue weighted by atomic mass is 19.2. The monoisotopic (exact) mass is 417 g/mol. The molecule has 0 bridgehead atoms. The van der Waals surface area contributed by atoms with Crippen LogP contribution in [0.1, 0.15) is 32.6 Å². The molecule has 4 aliphatic heterocycles. The summed E-state index contributed by atoms with van der Waals surface area (Å²) >= 11 is 0. The van der Waals surface area contributed by atoms with E-state index in [1.165, 1.54) is 0 Å². The van der Waals surface area contributed by atoms with Gasteiger partial charge in [0.1, 0.15) is 36.9 Å². The molecule has 0 aromatic carbocycles. The summed E-state index contributed by atoms with van der Waals surface area (Å²) in [5.74, 6) is -0.203. The molecular formula is C20H33F2N3O4. The minimum atomic E-state index is -1.49. The van der Waals surface area contributed by atoms with Crippen molar-refractivity contribution in [2.75, 3.05) is 19.8 Å². The van der Waals surface area contributed by atoms with Crippen molar-refractivity contribution in [3.05, 3.63) is 0 Å². The minimum Gasteiger partial charge on any atom is -0.387 e. The predicted molar refractivity (Wildman–Crippen MR) is 100 cm³/mol. The molecule has 1 saturated carbocycles. The van der Waals surface area contributed by atoms with Gasteiger partial charge in [0.2, 0.25) is 0 Å². The number of nitrogens with one attached hydrogen (secondary N) is 2. The summed E-state index contributed by atoms with van der Waals surface area (Å²) < 4.78 is 40.5. The quantitative estimate of drug-likeness (QED) is 0.508. The molecule has 0 radical (unpaired) electrons. The van der Waals surface area contributed by atoms with Crippen LogP contribution in [0.15, 0.2) is 0 Å². The van der Waals surface area contributed by atoms with E-state index in [0.29, 0.717) is 38.1 Å². The SMILES string of the molecule is CC1NCNC2C1CCN2[C@@H]1O[C@H]([C@@H]2OCCC3C(F)C(F)CCC32)[C@@H](O)[C@H]1O. The summed E-state index contributed by atoms with van der Waals surface area (Å²) in [6, 6.07) is 0.366. The number of aliphatic hydroxyl groups excluding tert-OH is 2. The van der Waals surface area contributed by atoms with Crippen LogP contribution >= 0.6 is 0 Å². The number of ether oxygens (including phenoxy) is 2. The highest BCUT2D eigenvalue weighted by Gasteiger charge is 2.57. The molecule has 0 spiro atoms. The Hall–Kier alpha value is -0.420. The molecule has 7 unspecified atom stereocenters. The second-order valence-electron chi connectivity index (χ2n) is 9.47. The van der Waals surface area contributed by atoms with Gasteiger partial charge in [-0.2, -0.15) is 0 Å². The summed E-state index contributed by atoms with van der Waals surface area (Å²) in [6.07, 6.45) is -4.73. The van der Waals surface area contributed by atoms with E-state index in [1.54, 1.807) is 0 Å². The van der Waals surface area contributed by atoms with Crippen LogP contribution in [0.3, 0.4) is 0 Å². The molecule has 0 aromatic heterocycles. The van der Waals surface area contributed by atoms with E-state index in [1.807, 2.05) is 0 Å². The van der Waals surface area contributed by atoms with Crippen molar-refractivity contribution in [1.82, 2.24) is 15.5 Å². The predicted octanol–water partition coefficient (Wildman–Crippen LogP) is 0.111. The Morgan fingerprint density at radius 3 is 2.59 bits per heavy atom. The van der Waals surface area contributed by atoms with E-state index in [2.05, 4.69) is 22.5 Å². The average Bonchev–Trinajstić information content (AvgIpc) is 3.27. The third-order valence-corrected chi connectivity index (χ3v) is 8.05. The smallest absolute Gasteiger partial charge is 0.141 e. The van der Waals surface area contributed by atoms with Gasteiger partial charge in [-0.3, -0.25) is 10.2 Å². The van der Waals surface area contributed by atoms with Crippen LogP contribution in [0.4, 0.5) is 8.78 Å². The number of aliphatic hydroxyl groups is 2. The van der Waals surface area contributed by atoms with E-state index in [0.717, 1.165) is 13.0 Å². The van der Waals surface area contributed by atoms with E-state index in [-0.39, 0.29) is 18.5 Å². The number of nitrogens with zero attached hydrogens (tertiary/aromatic N) is 1. The number of fused-ring (bicyclic) bond motifs is 2. The Morgan fingerprint density at radius 1 is 0.931 bits per heavy atom. The Bertz CT molecular complexity index is 604. The first-order valence-electron chi connectivity index (χ1n) is 11.1. The molecular weight excluding hydrogens is 384 g/mol. The number of halogens is 2. The van der Waals surface area contributed by atoms with Crippen LogP contribution in [0.2, 0.25) is 0 Å². The second-order valence-corrected chi connectivity index (χ2v) is 9.47. The van der Waals surface area contributed by atoms with Gasteiger partial charge in [0.15, 0.2) is 0 Å². The standard InChI is InChI=1S/C20H33F2N3O4/c1-9-10-4-6-25(19(10)24-8-23-9)20-16(27)15(26)18(29-20)17-12-2-3-13(21)14(22)11(12)5-7-28-17/h9-20,23-24,26-27H,2-8H2,1H3/t9?,10?,11?,12?,13?,14?,15-,16+,17+,18-,19?,20+/m0/s1. The summed E-state index contributed by atoms with van der Waals surface area (Å²) in [5, 5.41) is 28.5. The average molecular weight is 417 g/mol. The summed E-state index contributed by atoms with van der Waals surface area (Å²) in [6.45, 7) is 3.94. The number of alkyl halides is 2. The topological polar surface area (TPSA) is 86.2 Å². The Balaban J connectivity index is 1.32. The van der Waals surface area contributed by atoms with Gasteiger partial charge in [0, 0.05) is 37.7 Å². The largest absolute Gasteiger partial charge is 0.387 e. The van der Waals surface area contributed by atoms with Crippen molar-refractivity contribution in [3.8, 4) is 0 Å². The van der Waals surface area contributed by atoms with Crippen LogP contribution in [-0.2, 0) is 9.47 Å². The van der Waals surface area contributed by atoms with Crippen molar-refractivity contribution < 1.29 is 28.5 Å². The summed E-state index contributed by atoms with van der Waals surface area (Å²) in [7, 11) is 0. The number of hydrogen-bond acceptors (Lipinski definition) is 7. The van der Waals surface area contributed by atoms with Crippen LogP contribution in [0.25, 0.3) is 0 Å². The molecule has 166 valence electrons. The van der Waals surface area contributed by atoms with Crippen molar-refractivity contribution in [1.29, 1.82) is 0 Å².